The number of nitrogens with zero attached hydrogens (tertiary/aromatic N) is 4. The van der Waals surface area contributed by atoms with Crippen LogP contribution in [0.5, 0.6) is 23.5 Å². The molecule has 0 saturated heterocycles. The Labute approximate surface area is 236 Å². The third kappa shape index (κ3) is 5.68. The fourth-order valence-corrected chi connectivity index (χ4v) is 5.70. The van der Waals surface area contributed by atoms with E-state index in [-0.39, 0.29) is 17.4 Å². The number of ether oxygens (including phenoxy) is 2. The average molecular weight is 652 g/mol. The molecule has 2 atom stereocenters. The normalized spacial score (nSPS) is 12.8. The third-order valence-electron chi connectivity index (χ3n) is 6.21. The molecule has 0 aliphatic carbocycles. The van der Waals surface area contributed by atoms with Gasteiger partial charge in [0, 0.05) is 13.1 Å². The van der Waals surface area contributed by atoms with Crippen molar-refractivity contribution in [2.24, 2.45) is 0 Å². The maximum Gasteiger partial charge on any atom is 0.303 e. The summed E-state index contributed by atoms with van der Waals surface area (Å²) < 4.78 is 43.0. The number of ketones is 1. The molecule has 0 aliphatic heterocycles. The predicted octanol–water partition coefficient (Wildman–Crippen LogP) is 7.98. The molecule has 7 nitrogen and oxygen atoms in total. The van der Waals surface area contributed by atoms with Crippen LogP contribution in [0.2, 0.25) is 0 Å². The van der Waals surface area contributed by atoms with Gasteiger partial charge in [0.15, 0.2) is 0 Å². The van der Waals surface area contributed by atoms with E-state index in [2.05, 4.69) is 41.8 Å². The molecule has 0 aliphatic rings. The summed E-state index contributed by atoms with van der Waals surface area (Å²) in [7, 11) is 0. The Morgan fingerprint density at radius 2 is 1.11 bits per heavy atom. The van der Waals surface area contributed by atoms with Crippen molar-refractivity contribution in [1.82, 2.24) is 19.1 Å². The largest absolute Gasteiger partial charge is 0.425 e. The lowest BCUT2D eigenvalue weighted by Crippen LogP contribution is -2.22. The lowest BCUT2D eigenvalue weighted by molar-refractivity contribution is -0.121. The van der Waals surface area contributed by atoms with Gasteiger partial charge >= 0.3 is 12.0 Å². The summed E-state index contributed by atoms with van der Waals surface area (Å²) in [5.74, 6) is -1.02. The quantitative estimate of drug-likeness (QED) is 0.174. The fraction of sp³-hybridized carbons (Fsp3) is 0.296. The van der Waals surface area contributed by atoms with E-state index in [4.69, 9.17) is 9.47 Å². The highest BCUT2D eigenvalue weighted by atomic mass is 79.9. The van der Waals surface area contributed by atoms with Crippen LogP contribution in [0.3, 0.4) is 0 Å². The summed E-state index contributed by atoms with van der Waals surface area (Å²) in [4.78, 5) is 22.8. The van der Waals surface area contributed by atoms with Crippen LogP contribution in [-0.4, -0.2) is 24.9 Å². The van der Waals surface area contributed by atoms with Gasteiger partial charge in [0.05, 0.1) is 23.2 Å². The van der Waals surface area contributed by atoms with Crippen LogP contribution in [0.15, 0.2) is 57.7 Å². The van der Waals surface area contributed by atoms with Crippen LogP contribution in [0, 0.1) is 11.6 Å². The minimum atomic E-state index is -0.550. The Morgan fingerprint density at radius 3 is 1.42 bits per heavy atom. The lowest BCUT2D eigenvalue weighted by Gasteiger charge is -2.20. The number of hydrogen-bond donors (Lipinski definition) is 0. The summed E-state index contributed by atoms with van der Waals surface area (Å²) in [5.41, 5.74) is 1.34. The number of imidazole rings is 2. The number of carbonyl (C=O) groups excluding carboxylic acids is 1. The van der Waals surface area contributed by atoms with E-state index < -0.39 is 11.8 Å². The number of carbonyl (C=O) groups is 1. The van der Waals surface area contributed by atoms with Crippen molar-refractivity contribution in [3.05, 3.63) is 80.8 Å². The summed E-state index contributed by atoms with van der Waals surface area (Å²) >= 11 is 7.00. The maximum absolute atomic E-state index is 13.8. The van der Waals surface area contributed by atoms with E-state index in [1.807, 2.05) is 36.8 Å². The number of aromatic nitrogens is 4. The predicted molar refractivity (Wildman–Crippen MR) is 146 cm³/mol. The van der Waals surface area contributed by atoms with Gasteiger partial charge in [-0.25, -0.2) is 8.78 Å². The summed E-state index contributed by atoms with van der Waals surface area (Å²) in [6.45, 7) is 8.51. The van der Waals surface area contributed by atoms with Gasteiger partial charge in [-0.1, -0.05) is 0 Å². The van der Waals surface area contributed by atoms with E-state index in [1.165, 1.54) is 48.5 Å². The Hall–Kier alpha value is -3.05. The highest BCUT2D eigenvalue weighted by Gasteiger charge is 2.33. The zero-order valence-corrected chi connectivity index (χ0v) is 24.4. The van der Waals surface area contributed by atoms with Crippen molar-refractivity contribution in [3.63, 3.8) is 0 Å². The zero-order chi connectivity index (χ0) is 27.6. The zero-order valence-electron chi connectivity index (χ0n) is 21.2. The monoisotopic (exact) mass is 650 g/mol. The van der Waals surface area contributed by atoms with E-state index in [0.29, 0.717) is 57.2 Å². The molecule has 2 unspecified atom stereocenters. The van der Waals surface area contributed by atoms with Crippen LogP contribution in [0.25, 0.3) is 0 Å². The first-order valence-electron chi connectivity index (χ1n) is 12.1. The molecule has 2 aromatic carbocycles. The molecule has 4 aromatic rings. The van der Waals surface area contributed by atoms with Crippen molar-refractivity contribution < 1.29 is 23.0 Å². The van der Waals surface area contributed by atoms with Gasteiger partial charge in [0.25, 0.3) is 0 Å². The topological polar surface area (TPSA) is 71.2 Å². The fourth-order valence-electron chi connectivity index (χ4n) is 4.28. The molecule has 0 N–H and O–H groups in total. The Balaban J connectivity index is 1.62. The summed E-state index contributed by atoms with van der Waals surface area (Å²) in [5, 5.41) is 0. The van der Waals surface area contributed by atoms with Crippen LogP contribution in [0.4, 0.5) is 8.78 Å². The second kappa shape index (κ2) is 11.8. The van der Waals surface area contributed by atoms with Crippen molar-refractivity contribution in [2.75, 3.05) is 0 Å². The van der Waals surface area contributed by atoms with E-state index in [1.54, 1.807) is 0 Å². The smallest absolute Gasteiger partial charge is 0.303 e. The van der Waals surface area contributed by atoms with Gasteiger partial charge < -0.3 is 9.47 Å². The molecule has 11 heteroatoms. The van der Waals surface area contributed by atoms with Gasteiger partial charge in [-0.05, 0) is 108 Å². The number of benzene rings is 2. The van der Waals surface area contributed by atoms with Gasteiger partial charge in [-0.2, -0.15) is 9.97 Å². The van der Waals surface area contributed by atoms with Crippen molar-refractivity contribution >= 4 is 37.6 Å². The Kier molecular flexibility index (Phi) is 8.67. The van der Waals surface area contributed by atoms with Crippen molar-refractivity contribution in [3.8, 4) is 23.5 Å². The standard InChI is InChI=1S/C27H26Br2F2N4O3/c1-5-34-21(24(28)32-26(34)37-19-11-7-17(30)8-12-19)15(3)23(36)16(4)22-25(29)33-27(35(22)6-2)38-20-13-9-18(31)10-14-20/h7-16H,5-6H2,1-4H3. The molecule has 0 amide bonds. The second-order valence-electron chi connectivity index (χ2n) is 8.59. The lowest BCUT2D eigenvalue weighted by atomic mass is 9.91. The first-order valence-corrected chi connectivity index (χ1v) is 13.7. The summed E-state index contributed by atoms with van der Waals surface area (Å²) in [6.07, 6.45) is 0. The first kappa shape index (κ1) is 28.0. The molecule has 0 fully saturated rings. The molecule has 0 radical (unpaired) electrons. The SMILES string of the molecule is CCn1c(Oc2ccc(F)cc2)nc(Br)c1C(C)C(=O)C(C)c1c(Br)nc(Oc2ccc(F)cc2)n1CC. The molecule has 2 heterocycles. The highest BCUT2D eigenvalue weighted by molar-refractivity contribution is 9.10. The second-order valence-corrected chi connectivity index (χ2v) is 10.1. The van der Waals surface area contributed by atoms with Crippen LogP contribution in [0.1, 0.15) is 50.9 Å². The number of rotatable bonds is 10. The Bertz CT molecular complexity index is 1330. The minimum absolute atomic E-state index is 0.0581. The molecule has 38 heavy (non-hydrogen) atoms. The van der Waals surface area contributed by atoms with Crippen molar-refractivity contribution in [1.29, 1.82) is 0 Å². The molecule has 2 aromatic heterocycles. The van der Waals surface area contributed by atoms with Crippen LogP contribution in [-0.2, 0) is 17.9 Å². The van der Waals surface area contributed by atoms with Crippen molar-refractivity contribution in [2.45, 2.75) is 52.6 Å². The number of halogens is 4. The summed E-state index contributed by atoms with van der Waals surface area (Å²) in [6, 6.07) is 11.9. The third-order valence-corrected chi connectivity index (χ3v) is 7.37. The molecule has 0 bridgehead atoms. The minimum Gasteiger partial charge on any atom is -0.425 e. The number of hydrogen-bond acceptors (Lipinski definition) is 5. The molecule has 0 spiro atoms. The molecule has 4 rings (SSSR count). The molecule has 0 saturated carbocycles. The van der Waals surface area contributed by atoms with Gasteiger partial charge in [-0.3, -0.25) is 13.9 Å². The van der Waals surface area contributed by atoms with E-state index in [0.717, 1.165) is 0 Å². The Morgan fingerprint density at radius 1 is 0.763 bits per heavy atom. The number of Topliss-reactive ketones (excluding diaryl/α,β-unsaturated/α-hetero) is 1. The highest BCUT2D eigenvalue weighted by Crippen LogP contribution is 2.38. The van der Waals surface area contributed by atoms with Crippen LogP contribution < -0.4 is 9.47 Å². The van der Waals surface area contributed by atoms with Gasteiger partial charge in [0.1, 0.15) is 38.1 Å². The van der Waals surface area contributed by atoms with E-state index >= 15 is 0 Å². The average Bonchev–Trinajstić information content (AvgIpc) is 3.39. The first-order chi connectivity index (χ1) is 18.1. The van der Waals surface area contributed by atoms with E-state index in [9.17, 15) is 13.6 Å². The molecule has 200 valence electrons. The molecular weight excluding hydrogens is 626 g/mol. The molecular formula is C27H26Br2F2N4O3. The van der Waals surface area contributed by atoms with Gasteiger partial charge in [-0.15, -0.1) is 0 Å². The maximum atomic E-state index is 13.8. The van der Waals surface area contributed by atoms with Gasteiger partial charge in [0.2, 0.25) is 0 Å². The van der Waals surface area contributed by atoms with Crippen LogP contribution >= 0.6 is 31.9 Å².